The monoisotopic (exact) mass is 262 g/mol. The van der Waals surface area contributed by atoms with Gasteiger partial charge in [0, 0.05) is 0 Å². The maximum atomic E-state index is 11.2. The van der Waals surface area contributed by atoms with Crippen molar-refractivity contribution in [2.24, 2.45) is 0 Å². The number of rotatable bonds is 4. The van der Waals surface area contributed by atoms with Gasteiger partial charge in [0.2, 0.25) is 0 Å². The molecule has 0 atom stereocenters. The number of methoxy groups -OCH3 is 1. The van der Waals surface area contributed by atoms with E-state index < -0.39 is 5.24 Å². The van der Waals surface area contributed by atoms with Crippen molar-refractivity contribution in [1.29, 1.82) is 0 Å². The Morgan fingerprint density at radius 1 is 1.00 bits per heavy atom. The Bertz CT molecular complexity index is 549. The second kappa shape index (κ2) is 5.56. The number of hydrogen-bond acceptors (Lipinski definition) is 3. The van der Waals surface area contributed by atoms with Crippen LogP contribution in [0.4, 0.5) is 0 Å². The average molecular weight is 263 g/mol. The molecule has 4 heteroatoms. The van der Waals surface area contributed by atoms with Gasteiger partial charge in [0.05, 0.1) is 12.7 Å². The van der Waals surface area contributed by atoms with Crippen molar-refractivity contribution >= 4 is 16.8 Å². The first-order valence-electron chi connectivity index (χ1n) is 5.31. The Balaban J connectivity index is 2.25. The van der Waals surface area contributed by atoms with Gasteiger partial charge in [-0.2, -0.15) is 0 Å². The molecule has 0 bridgehead atoms. The minimum absolute atomic E-state index is 0.343. The zero-order chi connectivity index (χ0) is 13.0. The minimum atomic E-state index is -0.542. The van der Waals surface area contributed by atoms with Crippen LogP contribution in [0.1, 0.15) is 10.4 Å². The summed E-state index contributed by atoms with van der Waals surface area (Å²) in [7, 11) is 1.59. The predicted molar refractivity (Wildman–Crippen MR) is 69.7 cm³/mol. The van der Waals surface area contributed by atoms with Gasteiger partial charge in [-0.1, -0.05) is 12.1 Å². The molecule has 0 fully saturated rings. The van der Waals surface area contributed by atoms with E-state index in [1.807, 2.05) is 0 Å². The Morgan fingerprint density at radius 3 is 2.22 bits per heavy atom. The van der Waals surface area contributed by atoms with E-state index in [1.165, 1.54) is 0 Å². The number of carbonyl (C=O) groups excluding carboxylic acids is 1. The van der Waals surface area contributed by atoms with Crippen LogP contribution in [0.15, 0.2) is 48.5 Å². The van der Waals surface area contributed by atoms with Crippen LogP contribution in [0, 0.1) is 0 Å². The summed E-state index contributed by atoms with van der Waals surface area (Å²) in [5.74, 6) is 1.79. The second-order valence-electron chi connectivity index (χ2n) is 3.55. The molecular weight excluding hydrogens is 252 g/mol. The van der Waals surface area contributed by atoms with Gasteiger partial charge in [0.1, 0.15) is 17.2 Å². The average Bonchev–Trinajstić information content (AvgIpc) is 2.40. The van der Waals surface area contributed by atoms with E-state index in [1.54, 1.807) is 55.6 Å². The van der Waals surface area contributed by atoms with E-state index >= 15 is 0 Å². The predicted octanol–water partition coefficient (Wildman–Crippen LogP) is 3.87. The molecule has 18 heavy (non-hydrogen) atoms. The molecular formula is C14H11ClO3. The lowest BCUT2D eigenvalue weighted by molar-refractivity contribution is 0.107. The molecule has 0 saturated carbocycles. The Kier molecular flexibility index (Phi) is 3.85. The topological polar surface area (TPSA) is 35.5 Å². The molecule has 0 saturated heterocycles. The van der Waals surface area contributed by atoms with Gasteiger partial charge in [-0.05, 0) is 48.0 Å². The first-order chi connectivity index (χ1) is 8.70. The van der Waals surface area contributed by atoms with E-state index in [0.717, 1.165) is 5.75 Å². The summed E-state index contributed by atoms with van der Waals surface area (Å²) >= 11 is 5.48. The van der Waals surface area contributed by atoms with Crippen molar-refractivity contribution in [3.63, 3.8) is 0 Å². The van der Waals surface area contributed by atoms with Gasteiger partial charge in [-0.25, -0.2) is 0 Å². The molecule has 0 heterocycles. The first kappa shape index (κ1) is 12.5. The van der Waals surface area contributed by atoms with Crippen molar-refractivity contribution in [3.8, 4) is 17.2 Å². The summed E-state index contributed by atoms with van der Waals surface area (Å²) in [5, 5.41) is -0.542. The van der Waals surface area contributed by atoms with Crippen LogP contribution in [0.5, 0.6) is 17.2 Å². The fourth-order valence-electron chi connectivity index (χ4n) is 1.49. The van der Waals surface area contributed by atoms with E-state index in [4.69, 9.17) is 21.1 Å². The zero-order valence-electron chi connectivity index (χ0n) is 9.72. The maximum absolute atomic E-state index is 11.2. The zero-order valence-corrected chi connectivity index (χ0v) is 10.5. The molecule has 2 aromatic rings. The molecule has 0 aromatic heterocycles. The largest absolute Gasteiger partial charge is 0.497 e. The van der Waals surface area contributed by atoms with Crippen LogP contribution in [-0.4, -0.2) is 12.4 Å². The van der Waals surface area contributed by atoms with Crippen molar-refractivity contribution in [1.82, 2.24) is 0 Å². The van der Waals surface area contributed by atoms with E-state index in [2.05, 4.69) is 0 Å². The van der Waals surface area contributed by atoms with Gasteiger partial charge >= 0.3 is 0 Å². The van der Waals surface area contributed by atoms with Crippen molar-refractivity contribution in [2.75, 3.05) is 7.11 Å². The van der Waals surface area contributed by atoms with E-state index in [-0.39, 0.29) is 0 Å². The molecule has 0 unspecified atom stereocenters. The summed E-state index contributed by atoms with van der Waals surface area (Å²) in [6.45, 7) is 0. The molecule has 0 aliphatic rings. The van der Waals surface area contributed by atoms with E-state index in [0.29, 0.717) is 17.1 Å². The summed E-state index contributed by atoms with van der Waals surface area (Å²) < 4.78 is 10.7. The van der Waals surface area contributed by atoms with Crippen LogP contribution in [0.25, 0.3) is 0 Å². The van der Waals surface area contributed by atoms with Crippen LogP contribution < -0.4 is 9.47 Å². The Morgan fingerprint density at radius 2 is 1.61 bits per heavy atom. The Labute approximate surface area is 110 Å². The first-order valence-corrected chi connectivity index (χ1v) is 5.69. The Hall–Kier alpha value is -2.00. The van der Waals surface area contributed by atoms with Crippen molar-refractivity contribution < 1.29 is 14.3 Å². The van der Waals surface area contributed by atoms with Crippen LogP contribution >= 0.6 is 11.6 Å². The fraction of sp³-hybridized carbons (Fsp3) is 0.0714. The third kappa shape index (κ3) is 2.81. The standard InChI is InChI=1S/C14H11ClO3/c1-17-10-6-8-11(9-7-10)18-13-5-3-2-4-12(13)14(15)16/h2-9H,1H3. The lowest BCUT2D eigenvalue weighted by Gasteiger charge is -2.09. The van der Waals surface area contributed by atoms with Crippen LogP contribution in [0.2, 0.25) is 0 Å². The van der Waals surface area contributed by atoms with E-state index in [9.17, 15) is 4.79 Å². The number of hydrogen-bond donors (Lipinski definition) is 0. The molecule has 2 aromatic carbocycles. The molecule has 92 valence electrons. The lowest BCUT2D eigenvalue weighted by Crippen LogP contribution is -1.94. The van der Waals surface area contributed by atoms with Gasteiger partial charge < -0.3 is 9.47 Å². The third-order valence-electron chi connectivity index (χ3n) is 2.39. The normalized spacial score (nSPS) is 9.89. The number of ether oxygens (including phenoxy) is 2. The number of carbonyl (C=O) groups is 1. The summed E-state index contributed by atoms with van der Waals surface area (Å²) in [5.41, 5.74) is 0.343. The van der Waals surface area contributed by atoms with Gasteiger partial charge in [0.15, 0.2) is 0 Å². The fourth-order valence-corrected chi connectivity index (χ4v) is 1.64. The highest BCUT2D eigenvalue weighted by atomic mass is 35.5. The highest BCUT2D eigenvalue weighted by molar-refractivity contribution is 6.68. The molecule has 0 radical (unpaired) electrons. The summed E-state index contributed by atoms with van der Waals surface area (Å²) in [6, 6.07) is 13.9. The van der Waals surface area contributed by atoms with Gasteiger partial charge in [0.25, 0.3) is 5.24 Å². The molecule has 3 nitrogen and oxygen atoms in total. The van der Waals surface area contributed by atoms with Gasteiger partial charge in [-0.15, -0.1) is 0 Å². The quantitative estimate of drug-likeness (QED) is 0.785. The minimum Gasteiger partial charge on any atom is -0.497 e. The SMILES string of the molecule is COc1ccc(Oc2ccccc2C(=O)Cl)cc1. The number of para-hydroxylation sites is 1. The third-order valence-corrected chi connectivity index (χ3v) is 2.59. The summed E-state index contributed by atoms with van der Waals surface area (Å²) in [6.07, 6.45) is 0. The lowest BCUT2D eigenvalue weighted by atomic mass is 10.2. The maximum Gasteiger partial charge on any atom is 0.256 e. The van der Waals surface area contributed by atoms with Crippen LogP contribution in [0.3, 0.4) is 0 Å². The van der Waals surface area contributed by atoms with Gasteiger partial charge in [-0.3, -0.25) is 4.79 Å². The smallest absolute Gasteiger partial charge is 0.256 e. The summed E-state index contributed by atoms with van der Waals surface area (Å²) in [4.78, 5) is 11.2. The second-order valence-corrected chi connectivity index (χ2v) is 3.89. The molecule has 0 N–H and O–H groups in total. The van der Waals surface area contributed by atoms with Crippen molar-refractivity contribution in [2.45, 2.75) is 0 Å². The van der Waals surface area contributed by atoms with Crippen LogP contribution in [-0.2, 0) is 0 Å². The molecule has 0 aliphatic heterocycles. The molecule has 0 spiro atoms. The molecule has 0 amide bonds. The molecule has 0 aliphatic carbocycles. The molecule has 2 rings (SSSR count). The number of halogens is 1. The highest BCUT2D eigenvalue weighted by Crippen LogP contribution is 2.27. The highest BCUT2D eigenvalue weighted by Gasteiger charge is 2.09. The number of benzene rings is 2. The van der Waals surface area contributed by atoms with Crippen molar-refractivity contribution in [3.05, 3.63) is 54.1 Å².